The van der Waals surface area contributed by atoms with E-state index in [-0.39, 0.29) is 18.4 Å². The van der Waals surface area contributed by atoms with Crippen molar-refractivity contribution in [3.8, 4) is 5.75 Å². The van der Waals surface area contributed by atoms with E-state index in [0.29, 0.717) is 31.0 Å². The van der Waals surface area contributed by atoms with Gasteiger partial charge in [0.05, 0.1) is 12.2 Å². The number of aromatic nitrogens is 1. The van der Waals surface area contributed by atoms with Crippen molar-refractivity contribution in [2.45, 2.75) is 32.1 Å². The molecule has 0 atom stereocenters. The number of carbonyl (C=O) groups excluding carboxylic acids is 2. The number of carbonyl (C=O) groups is 2. The molecule has 0 bridgehead atoms. The molecule has 2 aromatic carbocycles. The number of ether oxygens (including phenoxy) is 2. The highest BCUT2D eigenvalue weighted by Gasteiger charge is 2.27. The van der Waals surface area contributed by atoms with Crippen LogP contribution in [0.5, 0.6) is 5.75 Å². The summed E-state index contributed by atoms with van der Waals surface area (Å²) in [7, 11) is 0. The average Bonchev–Trinajstić information content (AvgIpc) is 3.26. The number of para-hydroxylation sites is 2. The number of likely N-dealkylation sites (tertiary alicyclic amines) is 1. The van der Waals surface area contributed by atoms with E-state index in [1.54, 1.807) is 29.2 Å². The van der Waals surface area contributed by atoms with E-state index in [4.69, 9.17) is 13.9 Å². The number of hydrogen-bond donors (Lipinski definition) is 0. The van der Waals surface area contributed by atoms with Crippen molar-refractivity contribution in [1.82, 2.24) is 9.88 Å². The quantitative estimate of drug-likeness (QED) is 0.531. The van der Waals surface area contributed by atoms with Gasteiger partial charge in [-0.3, -0.25) is 4.79 Å². The Balaban J connectivity index is 1.24. The van der Waals surface area contributed by atoms with Gasteiger partial charge in [-0.25, -0.2) is 9.78 Å². The first-order valence-corrected chi connectivity index (χ1v) is 10.7. The zero-order valence-electron chi connectivity index (χ0n) is 17.6. The molecule has 0 saturated carbocycles. The lowest BCUT2D eigenvalue weighted by molar-refractivity contribution is -0.135. The second-order valence-corrected chi connectivity index (χ2v) is 7.62. The van der Waals surface area contributed by atoms with Gasteiger partial charge in [-0.05, 0) is 55.7 Å². The molecule has 162 valence electrons. The van der Waals surface area contributed by atoms with Crippen LogP contribution in [0, 0.1) is 0 Å². The molecular weight excluding hydrogens is 396 g/mol. The van der Waals surface area contributed by atoms with E-state index < -0.39 is 5.97 Å². The Morgan fingerprint density at radius 3 is 2.55 bits per heavy atom. The molecule has 3 aromatic rings. The molecule has 7 nitrogen and oxygen atoms in total. The molecule has 0 N–H and O–H groups in total. The van der Waals surface area contributed by atoms with Crippen LogP contribution in [0.2, 0.25) is 0 Å². The molecule has 4 rings (SSSR count). The highest BCUT2D eigenvalue weighted by Crippen LogP contribution is 2.29. The van der Waals surface area contributed by atoms with Crippen molar-refractivity contribution >= 4 is 23.0 Å². The van der Waals surface area contributed by atoms with Crippen molar-refractivity contribution in [3.63, 3.8) is 0 Å². The molecule has 1 aromatic heterocycles. The van der Waals surface area contributed by atoms with Crippen molar-refractivity contribution < 1.29 is 23.5 Å². The second-order valence-electron chi connectivity index (χ2n) is 7.62. The molecule has 1 aliphatic rings. The number of rotatable bonds is 7. The van der Waals surface area contributed by atoms with Gasteiger partial charge in [0.2, 0.25) is 0 Å². The third-order valence-electron chi connectivity index (χ3n) is 5.40. The van der Waals surface area contributed by atoms with Gasteiger partial charge in [0, 0.05) is 19.0 Å². The smallest absolute Gasteiger partial charge is 0.338 e. The Morgan fingerprint density at radius 2 is 1.84 bits per heavy atom. The van der Waals surface area contributed by atoms with Crippen LogP contribution in [-0.2, 0) is 9.53 Å². The number of oxazole rings is 1. The van der Waals surface area contributed by atoms with Gasteiger partial charge < -0.3 is 18.8 Å². The van der Waals surface area contributed by atoms with Crippen molar-refractivity contribution in [3.05, 3.63) is 60.0 Å². The van der Waals surface area contributed by atoms with Gasteiger partial charge in [0.1, 0.15) is 11.3 Å². The molecule has 0 spiro atoms. The minimum atomic E-state index is -0.517. The Kier molecular flexibility index (Phi) is 6.50. The third-order valence-corrected chi connectivity index (χ3v) is 5.40. The lowest BCUT2D eigenvalue weighted by atomic mass is 9.97. The molecule has 1 saturated heterocycles. The first-order valence-electron chi connectivity index (χ1n) is 10.7. The molecule has 31 heavy (non-hydrogen) atoms. The fraction of sp³-hybridized carbons (Fsp3) is 0.375. The first kappa shape index (κ1) is 20.9. The summed E-state index contributed by atoms with van der Waals surface area (Å²) in [6.45, 7) is 3.56. The zero-order chi connectivity index (χ0) is 21.6. The van der Waals surface area contributed by atoms with Gasteiger partial charge in [0.15, 0.2) is 18.1 Å². The monoisotopic (exact) mass is 422 g/mol. The lowest BCUT2D eigenvalue weighted by Crippen LogP contribution is -2.40. The van der Waals surface area contributed by atoms with E-state index in [1.807, 2.05) is 31.2 Å². The molecule has 0 radical (unpaired) electrons. The number of benzene rings is 2. The van der Waals surface area contributed by atoms with Gasteiger partial charge in [0.25, 0.3) is 5.91 Å². The van der Waals surface area contributed by atoms with Crippen LogP contribution in [0.1, 0.15) is 48.4 Å². The van der Waals surface area contributed by atoms with Crippen LogP contribution >= 0.6 is 0 Å². The topological polar surface area (TPSA) is 81.9 Å². The summed E-state index contributed by atoms with van der Waals surface area (Å²) >= 11 is 0. The van der Waals surface area contributed by atoms with Crippen molar-refractivity contribution in [2.24, 2.45) is 0 Å². The Morgan fingerprint density at radius 1 is 1.10 bits per heavy atom. The molecule has 1 amide bonds. The van der Waals surface area contributed by atoms with Crippen LogP contribution in [0.25, 0.3) is 11.1 Å². The minimum absolute atomic E-state index is 0.187. The predicted molar refractivity (Wildman–Crippen MR) is 115 cm³/mol. The van der Waals surface area contributed by atoms with E-state index in [0.717, 1.165) is 36.3 Å². The van der Waals surface area contributed by atoms with Crippen LogP contribution in [-0.4, -0.2) is 48.1 Å². The predicted octanol–water partition coefficient (Wildman–Crippen LogP) is 4.18. The fourth-order valence-electron chi connectivity index (χ4n) is 3.65. The molecule has 1 fully saturated rings. The summed E-state index contributed by atoms with van der Waals surface area (Å²) in [4.78, 5) is 31.0. The number of hydrogen-bond acceptors (Lipinski definition) is 6. The fourth-order valence-corrected chi connectivity index (χ4v) is 3.65. The largest absolute Gasteiger partial charge is 0.494 e. The van der Waals surface area contributed by atoms with Crippen LogP contribution in [0.4, 0.5) is 0 Å². The molecule has 1 aliphatic heterocycles. The number of nitrogens with zero attached hydrogens (tertiary/aromatic N) is 2. The zero-order valence-corrected chi connectivity index (χ0v) is 17.6. The van der Waals surface area contributed by atoms with E-state index >= 15 is 0 Å². The summed E-state index contributed by atoms with van der Waals surface area (Å²) in [5, 5.41) is 0. The summed E-state index contributed by atoms with van der Waals surface area (Å²) in [6.07, 6.45) is 2.45. The minimum Gasteiger partial charge on any atom is -0.494 e. The van der Waals surface area contributed by atoms with Crippen LogP contribution < -0.4 is 4.74 Å². The summed E-state index contributed by atoms with van der Waals surface area (Å²) in [5.74, 6) is 0.916. The van der Waals surface area contributed by atoms with E-state index in [2.05, 4.69) is 4.98 Å². The summed E-state index contributed by atoms with van der Waals surface area (Å²) < 4.78 is 16.6. The Bertz CT molecular complexity index is 1000. The average molecular weight is 422 g/mol. The SMILES string of the molecule is CCCOc1ccc(C(=O)OCC(=O)N2CCC(c3nc4ccccc4o3)CC2)cc1. The van der Waals surface area contributed by atoms with Crippen molar-refractivity contribution in [2.75, 3.05) is 26.3 Å². The second kappa shape index (κ2) is 9.64. The van der Waals surface area contributed by atoms with Gasteiger partial charge in [-0.1, -0.05) is 19.1 Å². The summed E-state index contributed by atoms with van der Waals surface area (Å²) in [6, 6.07) is 14.4. The molecule has 2 heterocycles. The maximum absolute atomic E-state index is 12.5. The number of fused-ring (bicyclic) bond motifs is 1. The molecular formula is C24H26N2O5. The number of amides is 1. The van der Waals surface area contributed by atoms with Crippen molar-refractivity contribution in [1.29, 1.82) is 0 Å². The molecule has 0 aliphatic carbocycles. The van der Waals surface area contributed by atoms with Gasteiger partial charge in [-0.2, -0.15) is 0 Å². The lowest BCUT2D eigenvalue weighted by Gasteiger charge is -2.30. The third kappa shape index (κ3) is 5.05. The molecule has 7 heteroatoms. The summed E-state index contributed by atoms with van der Waals surface area (Å²) in [5.41, 5.74) is 2.03. The van der Waals surface area contributed by atoms with E-state index in [9.17, 15) is 9.59 Å². The maximum atomic E-state index is 12.5. The van der Waals surface area contributed by atoms with Gasteiger partial charge >= 0.3 is 5.97 Å². The highest BCUT2D eigenvalue weighted by molar-refractivity contribution is 5.91. The Hall–Kier alpha value is -3.35. The van der Waals surface area contributed by atoms with E-state index in [1.165, 1.54) is 0 Å². The number of esters is 1. The van der Waals surface area contributed by atoms with Crippen LogP contribution in [0.15, 0.2) is 52.9 Å². The van der Waals surface area contributed by atoms with Gasteiger partial charge in [-0.15, -0.1) is 0 Å². The maximum Gasteiger partial charge on any atom is 0.338 e. The molecule has 0 unspecified atom stereocenters. The normalized spacial score (nSPS) is 14.5. The van der Waals surface area contributed by atoms with Crippen LogP contribution in [0.3, 0.4) is 0 Å². The number of piperidine rings is 1. The Labute approximate surface area is 181 Å². The highest BCUT2D eigenvalue weighted by atomic mass is 16.5. The first-order chi connectivity index (χ1) is 15.1. The standard InChI is InChI=1S/C24H26N2O5/c1-2-15-29-19-9-7-18(8-10-19)24(28)30-16-22(27)26-13-11-17(12-14-26)23-25-20-5-3-4-6-21(20)31-23/h3-10,17H,2,11-16H2,1H3.